The van der Waals surface area contributed by atoms with Gasteiger partial charge >= 0.3 is 12.3 Å². The van der Waals surface area contributed by atoms with Gasteiger partial charge in [0.15, 0.2) is 0 Å². The summed E-state index contributed by atoms with van der Waals surface area (Å²) in [7, 11) is 0. The fourth-order valence-corrected chi connectivity index (χ4v) is 2.29. The molecule has 2 rings (SSSR count). The molecule has 0 spiro atoms. The van der Waals surface area contributed by atoms with Crippen LogP contribution in [0.3, 0.4) is 0 Å². The van der Waals surface area contributed by atoms with E-state index in [1.54, 1.807) is 20.8 Å². The van der Waals surface area contributed by atoms with E-state index >= 15 is 0 Å². The van der Waals surface area contributed by atoms with Gasteiger partial charge in [-0.2, -0.15) is 17.9 Å². The van der Waals surface area contributed by atoms with Gasteiger partial charge in [0.25, 0.3) is 0 Å². The van der Waals surface area contributed by atoms with Crippen LogP contribution in [0.15, 0.2) is 12.3 Å². The average molecular weight is 350 g/mol. The highest BCUT2D eigenvalue weighted by Crippen LogP contribution is 2.60. The summed E-state index contributed by atoms with van der Waals surface area (Å²) in [4.78, 5) is 11.8. The molecule has 0 aliphatic heterocycles. The second-order valence-electron chi connectivity index (χ2n) is 6.89. The summed E-state index contributed by atoms with van der Waals surface area (Å²) in [6.45, 7) is 5.00. The van der Waals surface area contributed by atoms with E-state index in [1.165, 1.54) is 12.3 Å². The Bertz CT molecular complexity index is 588. The lowest BCUT2D eigenvalue weighted by atomic mass is 9.96. The van der Waals surface area contributed by atoms with Gasteiger partial charge in [0, 0.05) is 18.7 Å². The smallest absolute Gasteiger partial charge is 0.435 e. The van der Waals surface area contributed by atoms with Crippen LogP contribution in [0.25, 0.3) is 0 Å². The highest BCUT2D eigenvalue weighted by Gasteiger charge is 2.66. The fourth-order valence-electron chi connectivity index (χ4n) is 2.29. The van der Waals surface area contributed by atoms with Crippen molar-refractivity contribution in [1.29, 1.82) is 0 Å². The van der Waals surface area contributed by atoms with Gasteiger partial charge in [-0.3, -0.25) is 0 Å². The van der Waals surface area contributed by atoms with Crippen LogP contribution in [0.4, 0.5) is 18.0 Å². The predicted molar refractivity (Wildman–Crippen MR) is 77.7 cm³/mol. The monoisotopic (exact) mass is 350 g/mol. The second kappa shape index (κ2) is 6.27. The van der Waals surface area contributed by atoms with Gasteiger partial charge in [-0.15, -0.1) is 5.10 Å². The molecule has 1 aliphatic rings. The molecule has 1 aliphatic carbocycles. The van der Waals surface area contributed by atoms with Gasteiger partial charge in [-0.05, 0) is 33.6 Å². The van der Waals surface area contributed by atoms with Gasteiger partial charge in [0.2, 0.25) is 5.88 Å². The third kappa shape index (κ3) is 4.19. The van der Waals surface area contributed by atoms with E-state index in [-0.39, 0.29) is 31.7 Å². The molecule has 1 saturated carbocycles. The van der Waals surface area contributed by atoms with Crippen LogP contribution in [0.5, 0.6) is 5.88 Å². The van der Waals surface area contributed by atoms with Crippen molar-refractivity contribution in [2.24, 2.45) is 5.41 Å². The summed E-state index contributed by atoms with van der Waals surface area (Å²) in [5.74, 6) is 0.0740. The molecular weight excluding hydrogens is 329 g/mol. The third-order valence-corrected chi connectivity index (χ3v) is 3.78. The zero-order valence-electron chi connectivity index (χ0n) is 13.8. The number of aliphatic hydroxyl groups is 1. The first-order valence-electron chi connectivity index (χ1n) is 7.61. The standard InChI is InChI=1S/C15H21F3N2O4/c1-13(2,3)24-12(22)20-8-4-11(19-20)23-9-5-10(21)14(6-7-14)15(16,17)18/h4,8,10,21H,5-7,9H2,1-3H3. The zero-order valence-corrected chi connectivity index (χ0v) is 13.8. The van der Waals surface area contributed by atoms with E-state index in [0.717, 1.165) is 4.68 Å². The van der Waals surface area contributed by atoms with Crippen molar-refractivity contribution in [3.8, 4) is 5.88 Å². The van der Waals surface area contributed by atoms with Gasteiger partial charge in [-0.1, -0.05) is 0 Å². The molecule has 1 aromatic rings. The number of hydrogen-bond donors (Lipinski definition) is 1. The molecule has 1 heterocycles. The topological polar surface area (TPSA) is 73.6 Å². The molecule has 6 nitrogen and oxygen atoms in total. The number of rotatable bonds is 5. The van der Waals surface area contributed by atoms with Gasteiger partial charge in [0.05, 0.1) is 18.1 Å². The normalized spacial score (nSPS) is 18.1. The molecule has 0 amide bonds. The molecule has 0 bridgehead atoms. The molecule has 1 N–H and O–H groups in total. The van der Waals surface area contributed by atoms with E-state index in [2.05, 4.69) is 5.10 Å². The lowest BCUT2D eigenvalue weighted by Gasteiger charge is -2.24. The molecule has 0 aromatic carbocycles. The van der Waals surface area contributed by atoms with E-state index in [1.807, 2.05) is 0 Å². The minimum absolute atomic E-state index is 0.0645. The Morgan fingerprint density at radius 2 is 2.04 bits per heavy atom. The number of nitrogens with zero attached hydrogens (tertiary/aromatic N) is 2. The van der Waals surface area contributed by atoms with Crippen LogP contribution in [0.1, 0.15) is 40.0 Å². The third-order valence-electron chi connectivity index (χ3n) is 3.78. The molecule has 1 atom stereocenters. The van der Waals surface area contributed by atoms with Gasteiger partial charge in [-0.25, -0.2) is 4.79 Å². The quantitative estimate of drug-likeness (QED) is 0.883. The Balaban J connectivity index is 1.83. The highest BCUT2D eigenvalue weighted by atomic mass is 19.4. The molecule has 9 heteroatoms. The summed E-state index contributed by atoms with van der Waals surface area (Å²) in [6.07, 6.45) is -5.58. The molecule has 1 unspecified atom stereocenters. The number of hydrogen-bond acceptors (Lipinski definition) is 5. The number of ether oxygens (including phenoxy) is 2. The van der Waals surface area contributed by atoms with Crippen molar-refractivity contribution in [3.63, 3.8) is 0 Å². The van der Waals surface area contributed by atoms with Crippen molar-refractivity contribution >= 4 is 6.09 Å². The van der Waals surface area contributed by atoms with Gasteiger partial charge < -0.3 is 14.6 Å². The maximum atomic E-state index is 12.9. The van der Waals surface area contributed by atoms with E-state index < -0.39 is 29.4 Å². The lowest BCUT2D eigenvalue weighted by Crippen LogP contribution is -2.37. The number of aromatic nitrogens is 2. The van der Waals surface area contributed by atoms with Crippen molar-refractivity contribution < 1.29 is 32.5 Å². The fraction of sp³-hybridized carbons (Fsp3) is 0.733. The van der Waals surface area contributed by atoms with E-state index in [0.29, 0.717) is 0 Å². The molecule has 0 saturated heterocycles. The number of halogens is 3. The maximum Gasteiger partial charge on any atom is 0.435 e. The number of carbonyl (C=O) groups is 1. The molecule has 136 valence electrons. The Morgan fingerprint density at radius 1 is 1.42 bits per heavy atom. The Hall–Kier alpha value is -1.77. The van der Waals surface area contributed by atoms with Crippen LogP contribution in [-0.4, -0.2) is 45.5 Å². The van der Waals surface area contributed by atoms with Crippen LogP contribution in [-0.2, 0) is 4.74 Å². The number of carbonyl (C=O) groups excluding carboxylic acids is 1. The summed E-state index contributed by atoms with van der Waals surface area (Å²) in [5.41, 5.74) is -2.67. The van der Waals surface area contributed by atoms with Crippen molar-refractivity contribution in [1.82, 2.24) is 9.78 Å². The van der Waals surface area contributed by atoms with E-state index in [9.17, 15) is 23.1 Å². The van der Waals surface area contributed by atoms with Crippen molar-refractivity contribution in [3.05, 3.63) is 12.3 Å². The number of alkyl halides is 3. The Morgan fingerprint density at radius 3 is 2.54 bits per heavy atom. The Labute approximate surface area is 137 Å². The average Bonchev–Trinajstić information content (AvgIpc) is 3.11. The largest absolute Gasteiger partial charge is 0.476 e. The molecule has 0 radical (unpaired) electrons. The Kier molecular flexibility index (Phi) is 4.85. The minimum Gasteiger partial charge on any atom is -0.476 e. The minimum atomic E-state index is -4.41. The van der Waals surface area contributed by atoms with Gasteiger partial charge in [0.1, 0.15) is 5.60 Å². The first kappa shape index (κ1) is 18.6. The van der Waals surface area contributed by atoms with Crippen LogP contribution in [0.2, 0.25) is 0 Å². The van der Waals surface area contributed by atoms with Crippen LogP contribution < -0.4 is 4.74 Å². The zero-order chi connectivity index (χ0) is 18.2. The first-order valence-corrected chi connectivity index (χ1v) is 7.61. The van der Waals surface area contributed by atoms with Crippen LogP contribution in [0, 0.1) is 5.41 Å². The number of aliphatic hydroxyl groups excluding tert-OH is 1. The summed E-state index contributed by atoms with van der Waals surface area (Å²) >= 11 is 0. The second-order valence-corrected chi connectivity index (χ2v) is 6.89. The SMILES string of the molecule is CC(C)(C)OC(=O)n1ccc(OCCC(O)C2(C(F)(F)F)CC2)n1. The van der Waals surface area contributed by atoms with E-state index in [4.69, 9.17) is 9.47 Å². The first-order chi connectivity index (χ1) is 10.9. The molecule has 1 fully saturated rings. The summed E-state index contributed by atoms with van der Waals surface area (Å²) in [5, 5.41) is 13.6. The molecule has 24 heavy (non-hydrogen) atoms. The molecular formula is C15H21F3N2O4. The maximum absolute atomic E-state index is 12.9. The van der Waals surface area contributed by atoms with Crippen molar-refractivity contribution in [2.45, 2.75) is 57.9 Å². The lowest BCUT2D eigenvalue weighted by molar-refractivity contribution is -0.215. The van der Waals surface area contributed by atoms with Crippen LogP contribution >= 0.6 is 0 Å². The summed E-state index contributed by atoms with van der Waals surface area (Å²) < 4.78 is 49.8. The highest BCUT2D eigenvalue weighted by molar-refractivity contribution is 5.69. The van der Waals surface area contributed by atoms with Crippen molar-refractivity contribution in [2.75, 3.05) is 6.61 Å². The molecule has 1 aromatic heterocycles. The summed E-state index contributed by atoms with van der Waals surface area (Å²) in [6, 6.07) is 1.40. The predicted octanol–water partition coefficient (Wildman–Crippen LogP) is 3.14.